The van der Waals surface area contributed by atoms with E-state index in [0.717, 1.165) is 22.3 Å². The molecule has 0 unspecified atom stereocenters. The summed E-state index contributed by atoms with van der Waals surface area (Å²) in [6, 6.07) is 5.82. The van der Waals surface area contributed by atoms with Crippen molar-refractivity contribution >= 4 is 33.5 Å². The summed E-state index contributed by atoms with van der Waals surface area (Å²) in [5.41, 5.74) is 1.90. The molecule has 1 saturated carbocycles. The first-order valence-corrected chi connectivity index (χ1v) is 9.21. The van der Waals surface area contributed by atoms with Crippen LogP contribution in [0, 0.1) is 12.8 Å². The molecule has 0 bridgehead atoms. The number of anilines is 1. The molecule has 0 saturated heterocycles. The molecule has 1 aromatic rings. The highest BCUT2D eigenvalue weighted by molar-refractivity contribution is 9.10. The van der Waals surface area contributed by atoms with Crippen molar-refractivity contribution in [2.24, 2.45) is 5.92 Å². The lowest BCUT2D eigenvalue weighted by molar-refractivity contribution is -0.143. The second-order valence-electron chi connectivity index (χ2n) is 6.26. The van der Waals surface area contributed by atoms with Gasteiger partial charge in [-0.2, -0.15) is 0 Å². The molecule has 0 radical (unpaired) electrons. The molecule has 0 spiro atoms. The predicted octanol–water partition coefficient (Wildman–Crippen LogP) is 3.36. The monoisotopic (exact) mass is 396 g/mol. The standard InChI is InChI=1S/C18H25BrN2O3/c1-3-24-18(23)8-9-21(11-14-5-6-14)12-17(22)20-16-7-4-13(2)10-15(16)19/h4,7,10,14H,3,5-6,8-9,11-12H2,1-2H3,(H,20,22). The van der Waals surface area contributed by atoms with Gasteiger partial charge in [-0.1, -0.05) is 6.07 Å². The molecule has 5 nitrogen and oxygen atoms in total. The van der Waals surface area contributed by atoms with Crippen molar-refractivity contribution in [3.8, 4) is 0 Å². The molecule has 1 aliphatic carbocycles. The molecule has 0 aliphatic heterocycles. The van der Waals surface area contributed by atoms with Gasteiger partial charge in [0.15, 0.2) is 0 Å². The van der Waals surface area contributed by atoms with Crippen LogP contribution >= 0.6 is 15.9 Å². The third-order valence-electron chi connectivity index (χ3n) is 3.92. The van der Waals surface area contributed by atoms with Gasteiger partial charge in [-0.3, -0.25) is 14.5 Å². The van der Waals surface area contributed by atoms with Crippen molar-refractivity contribution < 1.29 is 14.3 Å². The predicted molar refractivity (Wildman–Crippen MR) is 97.9 cm³/mol. The Morgan fingerprint density at radius 1 is 1.38 bits per heavy atom. The van der Waals surface area contributed by atoms with Crippen molar-refractivity contribution in [2.45, 2.75) is 33.1 Å². The average molecular weight is 397 g/mol. The van der Waals surface area contributed by atoms with Crippen LogP contribution in [-0.4, -0.2) is 43.0 Å². The summed E-state index contributed by atoms with van der Waals surface area (Å²) in [5.74, 6) is 0.384. The molecule has 6 heteroatoms. The number of nitrogens with one attached hydrogen (secondary N) is 1. The van der Waals surface area contributed by atoms with Gasteiger partial charge in [-0.05, 0) is 66.2 Å². The van der Waals surface area contributed by atoms with E-state index in [-0.39, 0.29) is 18.4 Å². The lowest BCUT2D eigenvalue weighted by atomic mass is 10.2. The molecule has 0 aromatic heterocycles. The van der Waals surface area contributed by atoms with Crippen molar-refractivity contribution in [1.29, 1.82) is 0 Å². The third-order valence-corrected chi connectivity index (χ3v) is 4.57. The van der Waals surface area contributed by atoms with Gasteiger partial charge in [0.05, 0.1) is 25.3 Å². The topological polar surface area (TPSA) is 58.6 Å². The van der Waals surface area contributed by atoms with Crippen LogP contribution in [0.5, 0.6) is 0 Å². The Morgan fingerprint density at radius 2 is 2.12 bits per heavy atom. The van der Waals surface area contributed by atoms with Crippen LogP contribution in [0.15, 0.2) is 22.7 Å². The van der Waals surface area contributed by atoms with Gasteiger partial charge in [0.1, 0.15) is 0 Å². The van der Waals surface area contributed by atoms with Gasteiger partial charge in [0, 0.05) is 17.6 Å². The lowest BCUT2D eigenvalue weighted by Crippen LogP contribution is -2.36. The van der Waals surface area contributed by atoms with Crippen LogP contribution in [0.4, 0.5) is 5.69 Å². The van der Waals surface area contributed by atoms with E-state index in [2.05, 4.69) is 21.2 Å². The maximum absolute atomic E-state index is 12.3. The fourth-order valence-electron chi connectivity index (χ4n) is 2.50. The molecule has 1 aromatic carbocycles. The van der Waals surface area contributed by atoms with Gasteiger partial charge in [-0.15, -0.1) is 0 Å². The van der Waals surface area contributed by atoms with Gasteiger partial charge in [-0.25, -0.2) is 0 Å². The van der Waals surface area contributed by atoms with Gasteiger partial charge in [0.25, 0.3) is 0 Å². The number of rotatable bonds is 9. The summed E-state index contributed by atoms with van der Waals surface area (Å²) >= 11 is 3.47. The summed E-state index contributed by atoms with van der Waals surface area (Å²) in [5, 5.41) is 2.93. The SMILES string of the molecule is CCOC(=O)CCN(CC(=O)Nc1ccc(C)cc1Br)CC1CC1. The molecule has 1 fully saturated rings. The molecule has 24 heavy (non-hydrogen) atoms. The Labute approximate surface area is 151 Å². The third kappa shape index (κ3) is 6.61. The maximum atomic E-state index is 12.3. The molecule has 132 valence electrons. The van der Waals surface area contributed by atoms with Crippen molar-refractivity contribution in [3.05, 3.63) is 28.2 Å². The number of hydrogen-bond acceptors (Lipinski definition) is 4. The minimum Gasteiger partial charge on any atom is -0.466 e. The first-order chi connectivity index (χ1) is 11.5. The van der Waals surface area contributed by atoms with E-state index in [9.17, 15) is 9.59 Å². The number of amides is 1. The summed E-state index contributed by atoms with van der Waals surface area (Å²) in [6.45, 7) is 5.90. The Bertz CT molecular complexity index is 588. The maximum Gasteiger partial charge on any atom is 0.307 e. The zero-order valence-electron chi connectivity index (χ0n) is 14.3. The number of aryl methyl sites for hydroxylation is 1. The second kappa shape index (κ2) is 9.18. The minimum atomic E-state index is -0.208. The van der Waals surface area contributed by atoms with Crippen LogP contribution in [-0.2, 0) is 14.3 Å². The fraction of sp³-hybridized carbons (Fsp3) is 0.556. The van der Waals surface area contributed by atoms with Crippen molar-refractivity contribution in [1.82, 2.24) is 4.90 Å². The van der Waals surface area contributed by atoms with Gasteiger partial charge < -0.3 is 10.1 Å². The van der Waals surface area contributed by atoms with E-state index in [0.29, 0.717) is 25.5 Å². The number of halogens is 1. The quantitative estimate of drug-likeness (QED) is 0.650. The summed E-state index contributed by atoms with van der Waals surface area (Å²) in [4.78, 5) is 25.9. The smallest absolute Gasteiger partial charge is 0.307 e. The minimum absolute atomic E-state index is 0.0657. The molecule has 0 atom stereocenters. The largest absolute Gasteiger partial charge is 0.466 e. The van der Waals surface area contributed by atoms with E-state index in [1.54, 1.807) is 6.92 Å². The Kier molecular flexibility index (Phi) is 7.24. The first-order valence-electron chi connectivity index (χ1n) is 8.42. The normalized spacial score (nSPS) is 13.8. The van der Waals surface area contributed by atoms with Crippen LogP contribution in [0.2, 0.25) is 0 Å². The molecule has 0 heterocycles. The van der Waals surface area contributed by atoms with E-state index in [1.165, 1.54) is 12.8 Å². The second-order valence-corrected chi connectivity index (χ2v) is 7.12. The van der Waals surface area contributed by atoms with Crippen LogP contribution in [0.25, 0.3) is 0 Å². The van der Waals surface area contributed by atoms with Crippen molar-refractivity contribution in [3.63, 3.8) is 0 Å². The summed E-state index contributed by atoms with van der Waals surface area (Å²) in [6.07, 6.45) is 2.74. The molecular formula is C18H25BrN2O3. The highest BCUT2D eigenvalue weighted by Gasteiger charge is 2.25. The number of hydrogen-bond donors (Lipinski definition) is 1. The van der Waals surface area contributed by atoms with E-state index >= 15 is 0 Å². The molecule has 1 aliphatic rings. The average Bonchev–Trinajstić information content (AvgIpc) is 3.32. The molecule has 1 N–H and O–H groups in total. The zero-order valence-corrected chi connectivity index (χ0v) is 15.9. The van der Waals surface area contributed by atoms with Crippen LogP contribution in [0.1, 0.15) is 31.7 Å². The van der Waals surface area contributed by atoms with Gasteiger partial charge >= 0.3 is 5.97 Å². The highest BCUT2D eigenvalue weighted by Crippen LogP contribution is 2.30. The number of carbonyl (C=O) groups is 2. The van der Waals surface area contributed by atoms with Gasteiger partial charge in [0.2, 0.25) is 5.91 Å². The summed E-state index contributed by atoms with van der Waals surface area (Å²) < 4.78 is 5.84. The van der Waals surface area contributed by atoms with E-state index < -0.39 is 0 Å². The molecule has 2 rings (SSSR count). The number of ether oxygens (including phenoxy) is 1. The highest BCUT2D eigenvalue weighted by atomic mass is 79.9. The lowest BCUT2D eigenvalue weighted by Gasteiger charge is -2.21. The van der Waals surface area contributed by atoms with E-state index in [1.807, 2.05) is 30.0 Å². The van der Waals surface area contributed by atoms with Crippen LogP contribution < -0.4 is 5.32 Å². The number of esters is 1. The molecule has 1 amide bonds. The van der Waals surface area contributed by atoms with E-state index in [4.69, 9.17) is 4.74 Å². The number of benzene rings is 1. The number of carbonyl (C=O) groups excluding carboxylic acids is 2. The Balaban J connectivity index is 1.87. The van der Waals surface area contributed by atoms with Crippen molar-refractivity contribution in [2.75, 3.05) is 31.6 Å². The first kappa shape index (κ1) is 18.9. The summed E-state index contributed by atoms with van der Waals surface area (Å²) in [7, 11) is 0. The zero-order chi connectivity index (χ0) is 17.5. The fourth-order valence-corrected chi connectivity index (χ4v) is 3.09. The molecular weight excluding hydrogens is 372 g/mol. The Hall–Kier alpha value is -1.40. The van der Waals surface area contributed by atoms with Crippen LogP contribution in [0.3, 0.4) is 0 Å². The number of nitrogens with zero attached hydrogens (tertiary/aromatic N) is 1. The Morgan fingerprint density at radius 3 is 2.75 bits per heavy atom.